The predicted octanol–water partition coefficient (Wildman–Crippen LogP) is 2.24. The van der Waals surface area contributed by atoms with Crippen molar-refractivity contribution in [1.29, 1.82) is 0 Å². The molecule has 0 spiro atoms. The zero-order valence-electron chi connectivity index (χ0n) is 10.6. The van der Waals surface area contributed by atoms with Crippen LogP contribution in [0.4, 0.5) is 0 Å². The maximum Gasteiger partial charge on any atom is 0.339 e. The van der Waals surface area contributed by atoms with Gasteiger partial charge in [-0.05, 0) is 32.0 Å². The third-order valence-electron chi connectivity index (χ3n) is 2.52. The SMILES string of the molecule is CC(C)S(=O)(=O)CCOc1ccc(Cl)cc1C(=O)O. The van der Waals surface area contributed by atoms with E-state index in [9.17, 15) is 13.2 Å². The molecule has 106 valence electrons. The molecule has 5 nitrogen and oxygen atoms in total. The summed E-state index contributed by atoms with van der Waals surface area (Å²) < 4.78 is 28.4. The number of hydrogen-bond acceptors (Lipinski definition) is 4. The van der Waals surface area contributed by atoms with Crippen molar-refractivity contribution >= 4 is 27.4 Å². The van der Waals surface area contributed by atoms with Crippen LogP contribution in [0.2, 0.25) is 5.02 Å². The lowest BCUT2D eigenvalue weighted by atomic mass is 10.2. The maximum atomic E-state index is 11.6. The largest absolute Gasteiger partial charge is 0.492 e. The van der Waals surface area contributed by atoms with Gasteiger partial charge >= 0.3 is 5.97 Å². The molecule has 0 amide bonds. The van der Waals surface area contributed by atoms with Crippen LogP contribution in [0.15, 0.2) is 18.2 Å². The molecule has 0 aliphatic heterocycles. The highest BCUT2D eigenvalue weighted by Gasteiger charge is 2.17. The lowest BCUT2D eigenvalue weighted by molar-refractivity contribution is 0.0692. The smallest absolute Gasteiger partial charge is 0.339 e. The fourth-order valence-electron chi connectivity index (χ4n) is 1.30. The van der Waals surface area contributed by atoms with Gasteiger partial charge in [0, 0.05) is 5.02 Å². The van der Waals surface area contributed by atoms with E-state index in [2.05, 4.69) is 0 Å². The molecule has 0 aliphatic rings. The first kappa shape index (κ1) is 15.8. The number of sulfone groups is 1. The minimum absolute atomic E-state index is 0.0885. The summed E-state index contributed by atoms with van der Waals surface area (Å²) in [4.78, 5) is 11.0. The van der Waals surface area contributed by atoms with Crippen LogP contribution in [0.1, 0.15) is 24.2 Å². The van der Waals surface area contributed by atoms with Crippen LogP contribution >= 0.6 is 11.6 Å². The molecule has 0 saturated heterocycles. The Kier molecular flexibility index (Phi) is 5.20. The molecule has 0 unspecified atom stereocenters. The molecular formula is C12H15ClO5S. The Morgan fingerprint density at radius 2 is 2.05 bits per heavy atom. The molecule has 19 heavy (non-hydrogen) atoms. The number of aromatic carboxylic acids is 1. The molecule has 0 bridgehead atoms. The van der Waals surface area contributed by atoms with Gasteiger partial charge in [-0.3, -0.25) is 0 Å². The Morgan fingerprint density at radius 3 is 2.58 bits per heavy atom. The lowest BCUT2D eigenvalue weighted by Crippen LogP contribution is -2.22. The number of halogens is 1. The number of carboxylic acids is 1. The number of benzene rings is 1. The molecule has 0 aliphatic carbocycles. The summed E-state index contributed by atoms with van der Waals surface area (Å²) in [5, 5.41) is 8.77. The van der Waals surface area contributed by atoms with E-state index in [1.807, 2.05) is 0 Å². The summed E-state index contributed by atoms with van der Waals surface area (Å²) in [5.74, 6) is -1.23. The van der Waals surface area contributed by atoms with Crippen LogP contribution in [-0.2, 0) is 9.84 Å². The second-order valence-electron chi connectivity index (χ2n) is 4.21. The fraction of sp³-hybridized carbons (Fsp3) is 0.417. The molecule has 1 rings (SSSR count). The first-order valence-corrected chi connectivity index (χ1v) is 7.70. The summed E-state index contributed by atoms with van der Waals surface area (Å²) in [6, 6.07) is 4.16. The van der Waals surface area contributed by atoms with Crippen molar-refractivity contribution in [2.45, 2.75) is 19.1 Å². The van der Waals surface area contributed by atoms with E-state index in [-0.39, 0.29) is 28.7 Å². The van der Waals surface area contributed by atoms with Crippen molar-refractivity contribution in [3.63, 3.8) is 0 Å². The topological polar surface area (TPSA) is 80.7 Å². The number of rotatable bonds is 6. The Bertz CT molecular complexity index is 565. The van der Waals surface area contributed by atoms with Gasteiger partial charge in [-0.25, -0.2) is 13.2 Å². The molecule has 1 N–H and O–H groups in total. The van der Waals surface area contributed by atoms with Gasteiger partial charge in [0.2, 0.25) is 0 Å². The number of hydrogen-bond donors (Lipinski definition) is 1. The number of carboxylic acid groups (broad SMARTS) is 1. The first-order valence-electron chi connectivity index (χ1n) is 5.61. The van der Waals surface area contributed by atoms with E-state index in [0.717, 1.165) is 0 Å². The standard InChI is InChI=1S/C12H15ClO5S/c1-8(2)19(16,17)6-5-18-11-4-3-9(13)7-10(11)12(14)15/h3-4,7-8H,5-6H2,1-2H3,(H,14,15). The molecular weight excluding hydrogens is 292 g/mol. The van der Waals surface area contributed by atoms with Gasteiger partial charge in [-0.2, -0.15) is 0 Å². The minimum Gasteiger partial charge on any atom is -0.492 e. The minimum atomic E-state index is -3.21. The summed E-state index contributed by atoms with van der Waals surface area (Å²) in [5.41, 5.74) is -0.0885. The summed E-state index contributed by atoms with van der Waals surface area (Å²) in [7, 11) is -3.21. The Morgan fingerprint density at radius 1 is 1.42 bits per heavy atom. The Hall–Kier alpha value is -1.27. The molecule has 0 fully saturated rings. The van der Waals surface area contributed by atoms with Crippen LogP contribution < -0.4 is 4.74 Å². The maximum absolute atomic E-state index is 11.6. The van der Waals surface area contributed by atoms with Gasteiger partial charge in [-0.15, -0.1) is 0 Å². The molecule has 0 aromatic heterocycles. The molecule has 0 radical (unpaired) electrons. The highest BCUT2D eigenvalue weighted by Crippen LogP contribution is 2.23. The Labute approximate surface area is 117 Å². The van der Waals surface area contributed by atoms with Crippen LogP contribution in [0.25, 0.3) is 0 Å². The molecule has 0 atom stereocenters. The van der Waals surface area contributed by atoms with Crippen molar-refractivity contribution < 1.29 is 23.1 Å². The summed E-state index contributed by atoms with van der Waals surface area (Å²) >= 11 is 5.69. The number of carbonyl (C=O) groups is 1. The highest BCUT2D eigenvalue weighted by molar-refractivity contribution is 7.91. The predicted molar refractivity (Wildman–Crippen MR) is 72.8 cm³/mol. The van der Waals surface area contributed by atoms with Crippen molar-refractivity contribution in [2.24, 2.45) is 0 Å². The monoisotopic (exact) mass is 306 g/mol. The van der Waals surface area contributed by atoms with E-state index in [1.165, 1.54) is 18.2 Å². The lowest BCUT2D eigenvalue weighted by Gasteiger charge is -2.11. The van der Waals surface area contributed by atoms with Gasteiger partial charge in [0.25, 0.3) is 0 Å². The normalized spacial score (nSPS) is 11.6. The van der Waals surface area contributed by atoms with E-state index < -0.39 is 21.1 Å². The second-order valence-corrected chi connectivity index (χ2v) is 7.32. The van der Waals surface area contributed by atoms with Crippen molar-refractivity contribution in [2.75, 3.05) is 12.4 Å². The number of ether oxygens (including phenoxy) is 1. The van der Waals surface area contributed by atoms with Crippen LogP contribution in [-0.4, -0.2) is 37.1 Å². The quantitative estimate of drug-likeness (QED) is 0.871. The van der Waals surface area contributed by atoms with Crippen LogP contribution in [0, 0.1) is 0 Å². The highest BCUT2D eigenvalue weighted by atomic mass is 35.5. The summed E-state index contributed by atoms with van der Waals surface area (Å²) in [6.45, 7) is 3.07. The summed E-state index contributed by atoms with van der Waals surface area (Å²) in [6.07, 6.45) is 0. The van der Waals surface area contributed by atoms with Gasteiger partial charge < -0.3 is 9.84 Å². The van der Waals surface area contributed by atoms with Gasteiger partial charge in [0.05, 0.1) is 11.0 Å². The van der Waals surface area contributed by atoms with E-state index in [4.69, 9.17) is 21.4 Å². The molecule has 0 saturated carbocycles. The van der Waals surface area contributed by atoms with Crippen LogP contribution in [0.3, 0.4) is 0 Å². The third-order valence-corrected chi connectivity index (χ3v) is 4.92. The zero-order valence-corrected chi connectivity index (χ0v) is 12.2. The molecule has 1 aromatic rings. The van der Waals surface area contributed by atoms with Gasteiger partial charge in [0.15, 0.2) is 9.84 Å². The second kappa shape index (κ2) is 6.25. The molecule has 7 heteroatoms. The van der Waals surface area contributed by atoms with E-state index >= 15 is 0 Å². The third kappa shape index (κ3) is 4.40. The Balaban J connectivity index is 2.77. The average Bonchev–Trinajstić information content (AvgIpc) is 2.30. The van der Waals surface area contributed by atoms with Gasteiger partial charge in [-0.1, -0.05) is 11.6 Å². The van der Waals surface area contributed by atoms with Crippen molar-refractivity contribution in [3.05, 3.63) is 28.8 Å². The first-order chi connectivity index (χ1) is 8.74. The van der Waals surface area contributed by atoms with Crippen molar-refractivity contribution in [3.8, 4) is 5.75 Å². The van der Waals surface area contributed by atoms with E-state index in [1.54, 1.807) is 13.8 Å². The fourth-order valence-corrected chi connectivity index (χ4v) is 2.26. The molecule has 1 aromatic carbocycles. The molecule has 0 heterocycles. The van der Waals surface area contributed by atoms with E-state index in [0.29, 0.717) is 0 Å². The zero-order chi connectivity index (χ0) is 14.6. The van der Waals surface area contributed by atoms with Crippen LogP contribution in [0.5, 0.6) is 5.75 Å². The van der Waals surface area contributed by atoms with Crippen molar-refractivity contribution in [1.82, 2.24) is 0 Å². The van der Waals surface area contributed by atoms with Gasteiger partial charge in [0.1, 0.15) is 17.9 Å². The average molecular weight is 307 g/mol.